The third-order valence-electron chi connectivity index (χ3n) is 5.68. The highest BCUT2D eigenvalue weighted by molar-refractivity contribution is 5.95. The van der Waals surface area contributed by atoms with E-state index in [4.69, 9.17) is 5.73 Å². The zero-order valence-electron chi connectivity index (χ0n) is 17.7. The number of nitrogens with zero attached hydrogens (tertiary/aromatic N) is 2. The molecule has 3 rings (SSSR count). The van der Waals surface area contributed by atoms with Crippen LogP contribution in [-0.2, 0) is 6.54 Å². The van der Waals surface area contributed by atoms with Gasteiger partial charge in [-0.3, -0.25) is 9.71 Å². The lowest BCUT2D eigenvalue weighted by Crippen LogP contribution is -2.46. The van der Waals surface area contributed by atoms with Gasteiger partial charge >= 0.3 is 6.03 Å². The molecule has 0 aliphatic carbocycles. The molecule has 0 radical (unpaired) electrons. The van der Waals surface area contributed by atoms with Crippen LogP contribution in [-0.4, -0.2) is 55.9 Å². The van der Waals surface area contributed by atoms with Crippen LogP contribution in [0.15, 0.2) is 47.5 Å². The predicted molar refractivity (Wildman–Crippen MR) is 120 cm³/mol. The van der Waals surface area contributed by atoms with Gasteiger partial charge in [0, 0.05) is 19.5 Å². The fourth-order valence-corrected chi connectivity index (χ4v) is 3.90. The topological polar surface area (TPSA) is 82.7 Å². The summed E-state index contributed by atoms with van der Waals surface area (Å²) in [5, 5.41) is 7.65. The van der Waals surface area contributed by atoms with E-state index in [-0.39, 0.29) is 25.0 Å². The van der Waals surface area contributed by atoms with E-state index >= 15 is 0 Å². The minimum atomic E-state index is -1.11. The zero-order chi connectivity index (χ0) is 22.1. The number of aliphatic imine (C=N–C) groups is 1. The lowest BCUT2D eigenvalue weighted by atomic mass is 9.96. The zero-order valence-corrected chi connectivity index (χ0v) is 17.7. The van der Waals surface area contributed by atoms with Crippen LogP contribution in [0, 0.1) is 5.92 Å². The Labute approximate surface area is 181 Å². The Bertz CT molecular complexity index is 878. The van der Waals surface area contributed by atoms with Gasteiger partial charge in [-0.1, -0.05) is 42.5 Å². The van der Waals surface area contributed by atoms with Crippen molar-refractivity contribution < 1.29 is 13.6 Å². The summed E-state index contributed by atoms with van der Waals surface area (Å²) in [5.74, 6) is 0.400. The highest BCUT2D eigenvalue weighted by Gasteiger charge is 2.22. The molecule has 6 nitrogen and oxygen atoms in total. The number of rotatable bonds is 8. The van der Waals surface area contributed by atoms with Crippen molar-refractivity contribution in [3.8, 4) is 0 Å². The average molecular weight is 432 g/mol. The first-order valence-corrected chi connectivity index (χ1v) is 10.8. The van der Waals surface area contributed by atoms with Crippen LogP contribution >= 0.6 is 0 Å². The normalized spacial score (nSPS) is 16.9. The number of guanidine groups is 1. The summed E-state index contributed by atoms with van der Waals surface area (Å²) in [7, 11) is 0. The summed E-state index contributed by atoms with van der Waals surface area (Å²) in [4.78, 5) is 18.4. The number of carbonyl (C=O) groups excluding carboxylic acids is 1. The van der Waals surface area contributed by atoms with Gasteiger partial charge < -0.3 is 16.0 Å². The maximum Gasteiger partial charge on any atom is 0.321 e. The van der Waals surface area contributed by atoms with Gasteiger partial charge in [-0.15, -0.1) is 0 Å². The van der Waals surface area contributed by atoms with Crippen molar-refractivity contribution in [2.75, 3.05) is 32.9 Å². The third-order valence-corrected chi connectivity index (χ3v) is 5.68. The first-order chi connectivity index (χ1) is 15.0. The quantitative estimate of drug-likeness (QED) is 0.443. The van der Waals surface area contributed by atoms with E-state index in [1.54, 1.807) is 0 Å². The van der Waals surface area contributed by atoms with Crippen LogP contribution in [0.3, 0.4) is 0 Å². The Morgan fingerprint density at radius 1 is 1.19 bits per heavy atom. The number of hydrogen-bond acceptors (Lipinski definition) is 3. The molecule has 8 heteroatoms. The highest BCUT2D eigenvalue weighted by Crippen LogP contribution is 2.19. The Balaban J connectivity index is 1.39. The number of halogens is 2. The van der Waals surface area contributed by atoms with E-state index in [1.807, 2.05) is 47.4 Å². The second-order valence-corrected chi connectivity index (χ2v) is 7.99. The number of amides is 2. The van der Waals surface area contributed by atoms with Gasteiger partial charge in [-0.05, 0) is 48.2 Å². The lowest BCUT2D eigenvalue weighted by molar-refractivity contribution is 0.132. The molecule has 1 fully saturated rings. The van der Waals surface area contributed by atoms with Crippen molar-refractivity contribution in [2.24, 2.45) is 16.6 Å². The van der Waals surface area contributed by atoms with Gasteiger partial charge in [0.25, 0.3) is 0 Å². The molecule has 4 N–H and O–H groups in total. The molecule has 2 amide bonds. The van der Waals surface area contributed by atoms with Gasteiger partial charge in [0.2, 0.25) is 0 Å². The van der Waals surface area contributed by atoms with Crippen LogP contribution in [0.4, 0.5) is 13.6 Å². The molecule has 1 atom stereocenters. The van der Waals surface area contributed by atoms with E-state index in [2.05, 4.69) is 15.6 Å². The maximum absolute atomic E-state index is 13.5. The largest absolute Gasteiger partial charge is 0.370 e. The molecule has 2 aromatic carbocycles. The SMILES string of the molecule is NC(=NCc1cccc2ccccc12)NC(=O)NCC1CCN(CC(F)CCF)CC1. The molecule has 0 saturated carbocycles. The second kappa shape index (κ2) is 11.6. The summed E-state index contributed by atoms with van der Waals surface area (Å²) >= 11 is 0. The fourth-order valence-electron chi connectivity index (χ4n) is 3.90. The molecule has 2 aromatic rings. The van der Waals surface area contributed by atoms with E-state index in [9.17, 15) is 13.6 Å². The molecule has 0 aromatic heterocycles. The van der Waals surface area contributed by atoms with Crippen molar-refractivity contribution in [1.82, 2.24) is 15.5 Å². The van der Waals surface area contributed by atoms with Gasteiger partial charge in [-0.25, -0.2) is 14.2 Å². The van der Waals surface area contributed by atoms with Gasteiger partial charge in [0.1, 0.15) is 6.17 Å². The second-order valence-electron chi connectivity index (χ2n) is 7.99. The van der Waals surface area contributed by atoms with Crippen molar-refractivity contribution in [3.05, 3.63) is 48.0 Å². The van der Waals surface area contributed by atoms with Gasteiger partial charge in [-0.2, -0.15) is 0 Å². The molecule has 1 unspecified atom stereocenters. The highest BCUT2D eigenvalue weighted by atomic mass is 19.1. The number of fused-ring (bicyclic) bond motifs is 1. The van der Waals surface area contributed by atoms with Crippen molar-refractivity contribution in [1.29, 1.82) is 0 Å². The maximum atomic E-state index is 13.5. The van der Waals surface area contributed by atoms with Crippen LogP contribution in [0.5, 0.6) is 0 Å². The van der Waals surface area contributed by atoms with Gasteiger partial charge in [0.05, 0.1) is 13.2 Å². The summed E-state index contributed by atoms with van der Waals surface area (Å²) in [5.41, 5.74) is 6.91. The number of hydrogen-bond donors (Lipinski definition) is 3. The fraction of sp³-hybridized carbons (Fsp3) is 0.478. The van der Waals surface area contributed by atoms with E-state index < -0.39 is 12.8 Å². The third kappa shape index (κ3) is 7.17. The molecule has 0 spiro atoms. The molecule has 1 aliphatic rings. The van der Waals surface area contributed by atoms with E-state index in [0.717, 1.165) is 42.3 Å². The molecular weight excluding hydrogens is 400 g/mol. The Hall–Kier alpha value is -2.74. The first kappa shape index (κ1) is 22.9. The standard InChI is InChI=1S/C23H31F2N5O/c24-11-8-20(25)16-30-12-9-17(10-13-30)14-28-23(31)29-22(26)27-15-19-6-3-5-18-4-1-2-7-21(18)19/h1-7,17,20H,8-16H2,(H4,26,27,28,29,31). The first-order valence-electron chi connectivity index (χ1n) is 10.8. The predicted octanol–water partition coefficient (Wildman–Crippen LogP) is 3.36. The minimum absolute atomic E-state index is 0.0366. The lowest BCUT2D eigenvalue weighted by Gasteiger charge is -2.32. The number of benzene rings is 2. The molecule has 1 saturated heterocycles. The number of piperidine rings is 1. The minimum Gasteiger partial charge on any atom is -0.370 e. The average Bonchev–Trinajstić information content (AvgIpc) is 2.77. The van der Waals surface area contributed by atoms with E-state index in [0.29, 0.717) is 19.0 Å². The summed E-state index contributed by atoms with van der Waals surface area (Å²) < 4.78 is 25.7. The smallest absolute Gasteiger partial charge is 0.321 e. The monoisotopic (exact) mass is 431 g/mol. The van der Waals surface area contributed by atoms with Crippen molar-refractivity contribution in [3.63, 3.8) is 0 Å². The number of urea groups is 1. The Kier molecular flexibility index (Phi) is 8.58. The Morgan fingerprint density at radius 2 is 1.94 bits per heavy atom. The number of alkyl halides is 2. The van der Waals surface area contributed by atoms with Crippen molar-refractivity contribution in [2.45, 2.75) is 32.0 Å². The Morgan fingerprint density at radius 3 is 2.71 bits per heavy atom. The summed E-state index contributed by atoms with van der Waals surface area (Å²) in [6.07, 6.45) is 0.590. The molecule has 0 bridgehead atoms. The molecular formula is C23H31F2N5O. The summed E-state index contributed by atoms with van der Waals surface area (Å²) in [6, 6.07) is 13.7. The number of likely N-dealkylation sites (tertiary alicyclic amines) is 1. The van der Waals surface area contributed by atoms with Crippen LogP contribution < -0.4 is 16.4 Å². The van der Waals surface area contributed by atoms with E-state index in [1.165, 1.54) is 0 Å². The number of nitrogens with one attached hydrogen (secondary N) is 2. The molecule has 1 aliphatic heterocycles. The molecule has 1 heterocycles. The summed E-state index contributed by atoms with van der Waals surface area (Å²) in [6.45, 7) is 2.09. The number of carbonyl (C=O) groups is 1. The molecule has 31 heavy (non-hydrogen) atoms. The van der Waals surface area contributed by atoms with Crippen molar-refractivity contribution >= 4 is 22.8 Å². The van der Waals surface area contributed by atoms with Crippen LogP contribution in [0.25, 0.3) is 10.8 Å². The van der Waals surface area contributed by atoms with Gasteiger partial charge in [0.15, 0.2) is 5.96 Å². The molecule has 168 valence electrons. The van der Waals surface area contributed by atoms with Crippen LogP contribution in [0.2, 0.25) is 0 Å². The number of nitrogens with two attached hydrogens (primary N) is 1. The van der Waals surface area contributed by atoms with Crippen LogP contribution in [0.1, 0.15) is 24.8 Å².